The van der Waals surface area contributed by atoms with Crippen LogP contribution in [0.2, 0.25) is 0 Å². The number of nitrogens with two attached hydrogens (primary N) is 1. The fourth-order valence-corrected chi connectivity index (χ4v) is 1.72. The highest BCUT2D eigenvalue weighted by Gasteiger charge is 2.08. The summed E-state index contributed by atoms with van der Waals surface area (Å²) in [5.41, 5.74) is 6.16. The van der Waals surface area contributed by atoms with Crippen molar-refractivity contribution in [1.82, 2.24) is 14.7 Å². The third kappa shape index (κ3) is 5.71. The predicted molar refractivity (Wildman–Crippen MR) is 73.6 cm³/mol. The molecule has 1 aromatic heterocycles. The van der Waals surface area contributed by atoms with Crippen LogP contribution in [0.1, 0.15) is 13.3 Å². The van der Waals surface area contributed by atoms with E-state index >= 15 is 0 Å². The van der Waals surface area contributed by atoms with Gasteiger partial charge in [0.25, 0.3) is 0 Å². The Morgan fingerprint density at radius 2 is 2.11 bits per heavy atom. The summed E-state index contributed by atoms with van der Waals surface area (Å²) in [5.74, 6) is 0.756. The molecule has 1 aromatic rings. The van der Waals surface area contributed by atoms with E-state index in [1.165, 1.54) is 6.33 Å². The SMILES string of the molecule is CCCOc1ncnc(NCCNS(C)(=O)=O)c1N. The van der Waals surface area contributed by atoms with Crippen LogP contribution in [0.3, 0.4) is 0 Å². The Labute approximate surface area is 112 Å². The molecule has 0 aromatic carbocycles. The largest absolute Gasteiger partial charge is 0.476 e. The molecule has 0 radical (unpaired) electrons. The molecule has 8 nitrogen and oxygen atoms in total. The maximum atomic E-state index is 10.9. The van der Waals surface area contributed by atoms with Crippen molar-refractivity contribution >= 4 is 21.5 Å². The minimum Gasteiger partial charge on any atom is -0.476 e. The molecule has 0 amide bonds. The number of rotatable bonds is 8. The molecule has 0 bridgehead atoms. The first-order chi connectivity index (χ1) is 8.94. The maximum Gasteiger partial charge on any atom is 0.242 e. The standard InChI is InChI=1S/C10H19N5O3S/c1-3-6-18-10-8(11)9(13-7-14-10)12-4-5-15-19(2,16)17/h7,15H,3-6,11H2,1-2H3,(H,12,13,14). The zero-order valence-corrected chi connectivity index (χ0v) is 11.8. The lowest BCUT2D eigenvalue weighted by Crippen LogP contribution is -2.28. The third-order valence-corrected chi connectivity index (χ3v) is 2.80. The summed E-state index contributed by atoms with van der Waals surface area (Å²) in [5, 5.41) is 2.92. The number of ether oxygens (including phenoxy) is 1. The lowest BCUT2D eigenvalue weighted by atomic mass is 10.4. The van der Waals surface area contributed by atoms with Crippen LogP contribution < -0.4 is 20.5 Å². The van der Waals surface area contributed by atoms with Gasteiger partial charge in [0.05, 0.1) is 12.9 Å². The van der Waals surface area contributed by atoms with Crippen LogP contribution in [-0.4, -0.2) is 44.3 Å². The molecule has 1 heterocycles. The summed E-state index contributed by atoms with van der Waals surface area (Å²) in [4.78, 5) is 7.91. The minimum absolute atomic E-state index is 0.243. The maximum absolute atomic E-state index is 10.9. The summed E-state index contributed by atoms with van der Waals surface area (Å²) in [6.07, 6.45) is 3.29. The van der Waals surface area contributed by atoms with Gasteiger partial charge in [-0.1, -0.05) is 6.92 Å². The first kappa shape index (κ1) is 15.4. The van der Waals surface area contributed by atoms with Gasteiger partial charge in [-0.2, -0.15) is 4.98 Å². The van der Waals surface area contributed by atoms with Crippen LogP contribution in [0, 0.1) is 0 Å². The second-order valence-corrected chi connectivity index (χ2v) is 5.72. The molecule has 4 N–H and O–H groups in total. The quantitative estimate of drug-likeness (QED) is 0.567. The lowest BCUT2D eigenvalue weighted by molar-refractivity contribution is 0.306. The van der Waals surface area contributed by atoms with Crippen molar-refractivity contribution in [3.63, 3.8) is 0 Å². The zero-order valence-electron chi connectivity index (χ0n) is 11.0. The van der Waals surface area contributed by atoms with Gasteiger partial charge in [0.15, 0.2) is 5.82 Å². The number of hydrogen-bond acceptors (Lipinski definition) is 7. The highest BCUT2D eigenvalue weighted by molar-refractivity contribution is 7.88. The first-order valence-corrected chi connectivity index (χ1v) is 7.75. The molecule has 9 heteroatoms. The van der Waals surface area contributed by atoms with Crippen LogP contribution in [0.15, 0.2) is 6.33 Å². The van der Waals surface area contributed by atoms with Crippen molar-refractivity contribution in [3.8, 4) is 5.88 Å². The molecule has 0 aliphatic rings. The van der Waals surface area contributed by atoms with E-state index in [0.29, 0.717) is 30.5 Å². The topological polar surface area (TPSA) is 119 Å². The van der Waals surface area contributed by atoms with Crippen LogP contribution in [0.25, 0.3) is 0 Å². The van der Waals surface area contributed by atoms with Gasteiger partial charge in [-0.25, -0.2) is 18.1 Å². The van der Waals surface area contributed by atoms with Gasteiger partial charge in [0, 0.05) is 13.1 Å². The van der Waals surface area contributed by atoms with Crippen molar-refractivity contribution in [2.24, 2.45) is 0 Å². The van der Waals surface area contributed by atoms with Crippen molar-refractivity contribution in [2.75, 3.05) is 37.0 Å². The monoisotopic (exact) mass is 289 g/mol. The molecule has 108 valence electrons. The van der Waals surface area contributed by atoms with Crippen LogP contribution in [0.4, 0.5) is 11.5 Å². The second-order valence-electron chi connectivity index (χ2n) is 3.88. The summed E-state index contributed by atoms with van der Waals surface area (Å²) >= 11 is 0. The molecule has 0 unspecified atom stereocenters. The number of nitrogens with zero attached hydrogens (tertiary/aromatic N) is 2. The van der Waals surface area contributed by atoms with Crippen LogP contribution in [-0.2, 0) is 10.0 Å². The molecule has 0 fully saturated rings. The molecule has 0 aliphatic heterocycles. The van der Waals surface area contributed by atoms with Gasteiger partial charge in [0.1, 0.15) is 12.0 Å². The van der Waals surface area contributed by atoms with Crippen molar-refractivity contribution in [1.29, 1.82) is 0 Å². The van der Waals surface area contributed by atoms with E-state index in [2.05, 4.69) is 20.0 Å². The van der Waals surface area contributed by atoms with Gasteiger partial charge >= 0.3 is 0 Å². The summed E-state index contributed by atoms with van der Waals surface area (Å²) < 4.78 is 29.5. The number of nitrogens with one attached hydrogen (secondary N) is 2. The predicted octanol–water partition coefficient (Wildman–Crippen LogP) is -0.191. The summed E-state index contributed by atoms with van der Waals surface area (Å²) in [6.45, 7) is 3.11. The van der Waals surface area contributed by atoms with Gasteiger partial charge < -0.3 is 15.8 Å². The highest BCUT2D eigenvalue weighted by atomic mass is 32.2. The fourth-order valence-electron chi connectivity index (χ4n) is 1.25. The van der Waals surface area contributed by atoms with E-state index < -0.39 is 10.0 Å². The van der Waals surface area contributed by atoms with Crippen LogP contribution >= 0.6 is 0 Å². The van der Waals surface area contributed by atoms with E-state index in [1.54, 1.807) is 0 Å². The Hall–Kier alpha value is -1.61. The number of aromatic nitrogens is 2. The summed E-state index contributed by atoms with van der Waals surface area (Å²) in [7, 11) is -3.19. The average Bonchev–Trinajstić information content (AvgIpc) is 2.33. The lowest BCUT2D eigenvalue weighted by Gasteiger charge is -2.11. The van der Waals surface area contributed by atoms with Gasteiger partial charge in [-0.3, -0.25) is 0 Å². The Balaban J connectivity index is 2.54. The Bertz CT molecular complexity index is 506. The Kier molecular flexibility index (Phi) is 5.77. The van der Waals surface area contributed by atoms with Gasteiger partial charge in [-0.05, 0) is 6.42 Å². The molecule has 0 aliphatic carbocycles. The molecule has 19 heavy (non-hydrogen) atoms. The molecule has 1 rings (SSSR count). The average molecular weight is 289 g/mol. The van der Waals surface area contributed by atoms with E-state index in [-0.39, 0.29) is 6.54 Å². The van der Waals surface area contributed by atoms with Crippen molar-refractivity contribution < 1.29 is 13.2 Å². The number of nitrogen functional groups attached to an aromatic ring is 1. The molecular weight excluding hydrogens is 270 g/mol. The molecule has 0 saturated heterocycles. The van der Waals surface area contributed by atoms with E-state index in [9.17, 15) is 8.42 Å². The Morgan fingerprint density at radius 1 is 1.37 bits per heavy atom. The molecular formula is C10H19N5O3S. The van der Waals surface area contributed by atoms with Gasteiger partial charge in [-0.15, -0.1) is 0 Å². The normalized spacial score (nSPS) is 11.3. The summed E-state index contributed by atoms with van der Waals surface area (Å²) in [6, 6.07) is 0. The third-order valence-electron chi connectivity index (χ3n) is 2.07. The molecule has 0 atom stereocenters. The van der Waals surface area contributed by atoms with Crippen molar-refractivity contribution in [3.05, 3.63) is 6.33 Å². The van der Waals surface area contributed by atoms with E-state index in [1.807, 2.05) is 6.92 Å². The van der Waals surface area contributed by atoms with E-state index in [4.69, 9.17) is 10.5 Å². The fraction of sp³-hybridized carbons (Fsp3) is 0.600. The molecule has 0 spiro atoms. The first-order valence-electron chi connectivity index (χ1n) is 5.86. The zero-order chi connectivity index (χ0) is 14.3. The molecule has 0 saturated carbocycles. The van der Waals surface area contributed by atoms with Crippen LogP contribution in [0.5, 0.6) is 5.88 Å². The number of hydrogen-bond donors (Lipinski definition) is 3. The van der Waals surface area contributed by atoms with Crippen molar-refractivity contribution in [2.45, 2.75) is 13.3 Å². The number of anilines is 2. The smallest absolute Gasteiger partial charge is 0.242 e. The number of sulfonamides is 1. The second kappa shape index (κ2) is 7.10. The van der Waals surface area contributed by atoms with Gasteiger partial charge in [0.2, 0.25) is 15.9 Å². The minimum atomic E-state index is -3.19. The Morgan fingerprint density at radius 3 is 2.74 bits per heavy atom. The highest BCUT2D eigenvalue weighted by Crippen LogP contribution is 2.24. The van der Waals surface area contributed by atoms with E-state index in [0.717, 1.165) is 12.7 Å².